The van der Waals surface area contributed by atoms with Crippen molar-refractivity contribution in [3.8, 4) is 11.3 Å². The molecule has 0 radical (unpaired) electrons. The number of aromatic nitrogens is 1. The van der Waals surface area contributed by atoms with E-state index in [-0.39, 0.29) is 12.3 Å². The van der Waals surface area contributed by atoms with Crippen molar-refractivity contribution in [2.24, 2.45) is 0 Å². The van der Waals surface area contributed by atoms with Crippen molar-refractivity contribution in [2.75, 3.05) is 14.1 Å². The van der Waals surface area contributed by atoms with Gasteiger partial charge in [0.05, 0.1) is 18.2 Å². The van der Waals surface area contributed by atoms with Crippen molar-refractivity contribution >= 4 is 16.8 Å². The van der Waals surface area contributed by atoms with E-state index in [4.69, 9.17) is 4.42 Å². The Morgan fingerprint density at radius 2 is 2.05 bits per heavy atom. The summed E-state index contributed by atoms with van der Waals surface area (Å²) in [5, 5.41) is 1.09. The van der Waals surface area contributed by atoms with Gasteiger partial charge in [0, 0.05) is 25.0 Å². The van der Waals surface area contributed by atoms with E-state index in [1.807, 2.05) is 30.3 Å². The minimum Gasteiger partial charge on any atom is -0.467 e. The number of carbonyl (C=O) groups is 1. The van der Waals surface area contributed by atoms with Crippen molar-refractivity contribution in [3.63, 3.8) is 0 Å². The smallest absolute Gasteiger partial charge is 0.229 e. The van der Waals surface area contributed by atoms with Gasteiger partial charge in [-0.15, -0.1) is 0 Å². The second kappa shape index (κ2) is 4.39. The summed E-state index contributed by atoms with van der Waals surface area (Å²) in [5.74, 6) is 0.621. The highest BCUT2D eigenvalue weighted by Crippen LogP contribution is 2.33. The van der Waals surface area contributed by atoms with Crippen molar-refractivity contribution in [2.45, 2.75) is 6.42 Å². The summed E-state index contributed by atoms with van der Waals surface area (Å²) < 4.78 is 5.48. The largest absolute Gasteiger partial charge is 0.467 e. The van der Waals surface area contributed by atoms with Gasteiger partial charge in [-0.3, -0.25) is 4.79 Å². The maximum atomic E-state index is 11.8. The van der Waals surface area contributed by atoms with E-state index in [9.17, 15) is 4.79 Å². The summed E-state index contributed by atoms with van der Waals surface area (Å²) in [6, 6.07) is 9.83. The van der Waals surface area contributed by atoms with Crippen LogP contribution in [-0.2, 0) is 11.2 Å². The fourth-order valence-corrected chi connectivity index (χ4v) is 2.15. The van der Waals surface area contributed by atoms with Crippen LogP contribution in [0.4, 0.5) is 0 Å². The zero-order valence-corrected chi connectivity index (χ0v) is 10.9. The lowest BCUT2D eigenvalue weighted by molar-refractivity contribution is -0.128. The average molecular weight is 254 g/mol. The quantitative estimate of drug-likeness (QED) is 0.706. The van der Waals surface area contributed by atoms with Crippen LogP contribution >= 0.6 is 0 Å². The van der Waals surface area contributed by atoms with Gasteiger partial charge in [-0.25, -0.2) is 4.98 Å². The lowest BCUT2D eigenvalue weighted by atomic mass is 10.1. The van der Waals surface area contributed by atoms with Crippen molar-refractivity contribution < 1.29 is 9.21 Å². The van der Waals surface area contributed by atoms with Crippen LogP contribution < -0.4 is 0 Å². The standard InChI is InChI=1S/C15H14N2O2/c1-17(2)14(18)9-13-15-11(7-8-19-13)10-5-3-4-6-12(10)16-15/h3-8H,9H2,1-2H3. The molecule has 0 bridgehead atoms. The van der Waals surface area contributed by atoms with Crippen LogP contribution in [0.3, 0.4) is 0 Å². The van der Waals surface area contributed by atoms with Crippen LogP contribution in [0.15, 0.2) is 41.0 Å². The fraction of sp³-hybridized carbons (Fsp3) is 0.200. The maximum Gasteiger partial charge on any atom is 0.229 e. The molecule has 1 aromatic carbocycles. The molecule has 0 N–H and O–H groups in total. The van der Waals surface area contributed by atoms with Gasteiger partial charge in [-0.05, 0) is 12.1 Å². The number of fused-ring (bicyclic) bond motifs is 3. The monoisotopic (exact) mass is 254 g/mol. The Kier molecular flexibility index (Phi) is 2.71. The number of amides is 1. The topological polar surface area (TPSA) is 46.3 Å². The molecule has 4 nitrogen and oxygen atoms in total. The summed E-state index contributed by atoms with van der Waals surface area (Å²) in [7, 11) is 3.47. The lowest BCUT2D eigenvalue weighted by Gasteiger charge is -2.10. The minimum absolute atomic E-state index is 0.00306. The molecule has 3 rings (SSSR count). The van der Waals surface area contributed by atoms with Crippen molar-refractivity contribution in [1.29, 1.82) is 0 Å². The normalized spacial score (nSPS) is 11.1. The molecule has 96 valence electrons. The molecule has 0 aromatic heterocycles. The van der Waals surface area contributed by atoms with E-state index in [0.717, 1.165) is 22.2 Å². The Morgan fingerprint density at radius 3 is 2.84 bits per heavy atom. The minimum atomic E-state index is 0.00306. The van der Waals surface area contributed by atoms with Crippen LogP contribution in [0.5, 0.6) is 0 Å². The van der Waals surface area contributed by atoms with Crippen molar-refractivity contribution in [1.82, 2.24) is 9.88 Å². The average Bonchev–Trinajstić information content (AvgIpc) is 2.78. The molecule has 2 aliphatic rings. The summed E-state index contributed by atoms with van der Waals surface area (Å²) >= 11 is 0. The third kappa shape index (κ3) is 1.95. The molecule has 1 amide bonds. The number of nitrogens with zero attached hydrogens (tertiary/aromatic N) is 2. The first-order valence-electron chi connectivity index (χ1n) is 6.12. The molecule has 2 aliphatic heterocycles. The molecule has 0 saturated heterocycles. The highest BCUT2D eigenvalue weighted by molar-refractivity contribution is 5.98. The molecule has 19 heavy (non-hydrogen) atoms. The predicted octanol–water partition coefficient (Wildman–Crippen LogP) is 2.56. The van der Waals surface area contributed by atoms with Crippen LogP contribution in [-0.4, -0.2) is 29.9 Å². The molecule has 0 fully saturated rings. The van der Waals surface area contributed by atoms with Crippen molar-refractivity contribution in [3.05, 3.63) is 42.4 Å². The van der Waals surface area contributed by atoms with Gasteiger partial charge in [0.25, 0.3) is 0 Å². The Labute approximate surface area is 111 Å². The second-order valence-electron chi connectivity index (χ2n) is 4.70. The summed E-state index contributed by atoms with van der Waals surface area (Å²) in [4.78, 5) is 17.9. The first-order valence-corrected chi connectivity index (χ1v) is 6.12. The van der Waals surface area contributed by atoms with Crippen LogP contribution in [0.1, 0.15) is 5.76 Å². The maximum absolute atomic E-state index is 11.8. The van der Waals surface area contributed by atoms with Gasteiger partial charge in [0.15, 0.2) is 0 Å². The zero-order chi connectivity index (χ0) is 13.4. The molecule has 0 atom stereocenters. The molecule has 0 saturated carbocycles. The van der Waals surface area contributed by atoms with E-state index in [2.05, 4.69) is 4.98 Å². The summed E-state index contributed by atoms with van der Waals surface area (Å²) in [6.07, 6.45) is 1.85. The molecule has 0 aliphatic carbocycles. The van der Waals surface area contributed by atoms with Gasteiger partial charge < -0.3 is 9.32 Å². The first-order chi connectivity index (χ1) is 9.16. The lowest BCUT2D eigenvalue weighted by Crippen LogP contribution is -2.23. The van der Waals surface area contributed by atoms with E-state index in [1.54, 1.807) is 25.3 Å². The van der Waals surface area contributed by atoms with Gasteiger partial charge >= 0.3 is 0 Å². The number of benzene rings is 1. The van der Waals surface area contributed by atoms with Gasteiger partial charge in [-0.2, -0.15) is 0 Å². The molecule has 0 unspecified atom stereocenters. The molecular weight excluding hydrogens is 240 g/mol. The number of para-hydroxylation sites is 1. The molecule has 0 spiro atoms. The van der Waals surface area contributed by atoms with E-state index in [1.165, 1.54) is 0 Å². The van der Waals surface area contributed by atoms with Gasteiger partial charge in [-0.1, -0.05) is 18.2 Å². The first kappa shape index (κ1) is 11.7. The number of rotatable bonds is 2. The predicted molar refractivity (Wildman–Crippen MR) is 73.0 cm³/mol. The number of likely N-dealkylation sites (N-methyl/N-ethyl adjacent to an activating group) is 1. The zero-order valence-electron chi connectivity index (χ0n) is 10.9. The van der Waals surface area contributed by atoms with E-state index < -0.39 is 0 Å². The third-order valence-corrected chi connectivity index (χ3v) is 3.20. The van der Waals surface area contributed by atoms with Crippen LogP contribution in [0.25, 0.3) is 22.2 Å². The molecule has 4 heteroatoms. The Bertz CT molecular complexity index is 715. The SMILES string of the molecule is CN(C)C(=O)Cc1occc2c3ccccc3nc1-2. The highest BCUT2D eigenvalue weighted by atomic mass is 16.3. The molecule has 2 heterocycles. The fourth-order valence-electron chi connectivity index (χ4n) is 2.15. The van der Waals surface area contributed by atoms with Gasteiger partial charge in [0.1, 0.15) is 11.5 Å². The Hall–Kier alpha value is -2.36. The highest BCUT2D eigenvalue weighted by Gasteiger charge is 2.19. The Balaban J connectivity index is 2.12. The number of hydrogen-bond donors (Lipinski definition) is 0. The number of carbonyl (C=O) groups excluding carboxylic acids is 1. The summed E-state index contributed by atoms with van der Waals surface area (Å²) in [6.45, 7) is 0. The van der Waals surface area contributed by atoms with Crippen LogP contribution in [0.2, 0.25) is 0 Å². The molecule has 1 aromatic rings. The third-order valence-electron chi connectivity index (χ3n) is 3.20. The second-order valence-corrected chi connectivity index (χ2v) is 4.70. The summed E-state index contributed by atoms with van der Waals surface area (Å²) in [5.41, 5.74) is 2.74. The Morgan fingerprint density at radius 1 is 1.26 bits per heavy atom. The van der Waals surface area contributed by atoms with E-state index in [0.29, 0.717) is 5.76 Å². The van der Waals surface area contributed by atoms with E-state index >= 15 is 0 Å². The molecular formula is C15H14N2O2. The van der Waals surface area contributed by atoms with Gasteiger partial charge in [0.2, 0.25) is 5.91 Å². The van der Waals surface area contributed by atoms with Crippen LogP contribution in [0, 0.1) is 0 Å². The number of hydrogen-bond acceptors (Lipinski definition) is 3.